The summed E-state index contributed by atoms with van der Waals surface area (Å²) in [6.45, 7) is 1.74. The Kier molecular flexibility index (Phi) is 4.64. The van der Waals surface area contributed by atoms with Gasteiger partial charge in [-0.3, -0.25) is 0 Å². The first-order valence-corrected chi connectivity index (χ1v) is 10.6. The van der Waals surface area contributed by atoms with Gasteiger partial charge in [-0.05, 0) is 40.7 Å². The van der Waals surface area contributed by atoms with E-state index in [1.807, 2.05) is 55.6 Å². The van der Waals surface area contributed by atoms with Gasteiger partial charge in [0.1, 0.15) is 5.58 Å². The minimum atomic E-state index is -3.78. The van der Waals surface area contributed by atoms with E-state index in [1.165, 1.54) is 0 Å². The summed E-state index contributed by atoms with van der Waals surface area (Å²) in [6, 6.07) is 16.8. The van der Waals surface area contributed by atoms with Crippen LogP contribution in [0.3, 0.4) is 0 Å². The van der Waals surface area contributed by atoms with Crippen LogP contribution in [0.4, 0.5) is 0 Å². The molecule has 0 N–H and O–H groups in total. The molecule has 1 atom stereocenters. The first-order chi connectivity index (χ1) is 12.5. The number of furan rings is 1. The Morgan fingerprint density at radius 1 is 1.04 bits per heavy atom. The van der Waals surface area contributed by atoms with Crippen molar-refractivity contribution in [2.75, 3.05) is 26.7 Å². The molecule has 7 heteroatoms. The summed E-state index contributed by atoms with van der Waals surface area (Å²) in [7, 11) is -1.77. The van der Waals surface area contributed by atoms with E-state index in [0.717, 1.165) is 10.9 Å². The van der Waals surface area contributed by atoms with Gasteiger partial charge in [0.25, 0.3) is 10.0 Å². The van der Waals surface area contributed by atoms with Gasteiger partial charge in [0.2, 0.25) is 5.09 Å². The van der Waals surface area contributed by atoms with Gasteiger partial charge in [-0.1, -0.05) is 42.5 Å². The Bertz CT molecular complexity index is 1030. The Labute approximate surface area is 161 Å². The van der Waals surface area contributed by atoms with Crippen LogP contribution in [0, 0.1) is 0 Å². The van der Waals surface area contributed by atoms with E-state index < -0.39 is 10.0 Å². The van der Waals surface area contributed by atoms with Crippen molar-refractivity contribution in [1.29, 1.82) is 0 Å². The summed E-state index contributed by atoms with van der Waals surface area (Å²) >= 11 is 3.43. The number of sulfonamides is 1. The van der Waals surface area contributed by atoms with E-state index in [-0.39, 0.29) is 11.1 Å². The van der Waals surface area contributed by atoms with Crippen molar-refractivity contribution >= 4 is 36.9 Å². The summed E-state index contributed by atoms with van der Waals surface area (Å²) in [6.07, 6.45) is 0. The Hall–Kier alpha value is -1.67. The quantitative estimate of drug-likeness (QED) is 0.627. The number of hydrogen-bond donors (Lipinski definition) is 0. The van der Waals surface area contributed by atoms with Crippen LogP contribution in [0.15, 0.2) is 68.6 Å². The molecule has 2 aromatic carbocycles. The molecule has 2 heterocycles. The summed E-state index contributed by atoms with van der Waals surface area (Å²) < 4.78 is 34.7. The lowest BCUT2D eigenvalue weighted by Crippen LogP contribution is -2.49. The lowest BCUT2D eigenvalue weighted by atomic mass is 10.1. The summed E-state index contributed by atoms with van der Waals surface area (Å²) in [5.74, 6) is 0. The van der Waals surface area contributed by atoms with E-state index in [4.69, 9.17) is 4.42 Å². The number of rotatable bonds is 3. The molecular formula is C19H19BrN2O3S. The average Bonchev–Trinajstić information content (AvgIpc) is 3.00. The first kappa shape index (κ1) is 17.7. The summed E-state index contributed by atoms with van der Waals surface area (Å²) in [5.41, 5.74) is 1.54. The van der Waals surface area contributed by atoms with Crippen molar-refractivity contribution < 1.29 is 12.8 Å². The molecule has 4 rings (SSSR count). The maximum atomic E-state index is 13.5. The third kappa shape index (κ3) is 2.99. The maximum absolute atomic E-state index is 13.5. The van der Waals surface area contributed by atoms with Gasteiger partial charge < -0.3 is 9.32 Å². The minimum Gasteiger partial charge on any atom is -0.442 e. The Morgan fingerprint density at radius 2 is 1.73 bits per heavy atom. The molecule has 5 nitrogen and oxygen atoms in total. The molecule has 0 radical (unpaired) electrons. The molecule has 0 saturated carbocycles. The van der Waals surface area contributed by atoms with Crippen LogP contribution >= 0.6 is 15.9 Å². The van der Waals surface area contributed by atoms with Crippen LogP contribution in [0.25, 0.3) is 11.0 Å². The van der Waals surface area contributed by atoms with E-state index in [2.05, 4.69) is 20.8 Å². The topological polar surface area (TPSA) is 53.8 Å². The van der Waals surface area contributed by atoms with E-state index >= 15 is 0 Å². The molecule has 0 amide bonds. The lowest BCUT2D eigenvalue weighted by molar-refractivity contribution is 0.159. The summed E-state index contributed by atoms with van der Waals surface area (Å²) in [5, 5.41) is 0.737. The van der Waals surface area contributed by atoms with Crippen LogP contribution in [0.1, 0.15) is 11.6 Å². The van der Waals surface area contributed by atoms with E-state index in [1.54, 1.807) is 10.4 Å². The van der Waals surface area contributed by atoms with Gasteiger partial charge >= 0.3 is 0 Å². The van der Waals surface area contributed by atoms with Gasteiger partial charge in [-0.15, -0.1) is 0 Å². The third-order valence-corrected chi connectivity index (χ3v) is 7.63. The first-order valence-electron chi connectivity index (χ1n) is 8.41. The number of nitrogens with zero attached hydrogens (tertiary/aromatic N) is 2. The Balaban J connectivity index is 1.81. The highest BCUT2D eigenvalue weighted by atomic mass is 79.9. The molecule has 136 valence electrons. The number of likely N-dealkylation sites (N-methyl/N-ethyl adjacent to an activating group) is 1. The monoisotopic (exact) mass is 434 g/mol. The normalized spacial score (nSPS) is 19.8. The van der Waals surface area contributed by atoms with Crippen molar-refractivity contribution in [3.63, 3.8) is 0 Å². The molecule has 1 aliphatic rings. The molecule has 0 bridgehead atoms. The predicted molar refractivity (Wildman–Crippen MR) is 104 cm³/mol. The number of hydrogen-bond acceptors (Lipinski definition) is 4. The second-order valence-corrected chi connectivity index (χ2v) is 9.09. The molecule has 26 heavy (non-hydrogen) atoms. The molecule has 0 spiro atoms. The van der Waals surface area contributed by atoms with Crippen LogP contribution < -0.4 is 0 Å². The molecule has 1 aliphatic heterocycles. The van der Waals surface area contributed by atoms with Crippen molar-refractivity contribution in [1.82, 2.24) is 9.21 Å². The van der Waals surface area contributed by atoms with Crippen LogP contribution in [0.2, 0.25) is 0 Å². The van der Waals surface area contributed by atoms with Gasteiger partial charge in [-0.2, -0.15) is 4.31 Å². The fraction of sp³-hybridized carbons (Fsp3) is 0.263. The highest BCUT2D eigenvalue weighted by Crippen LogP contribution is 2.38. The predicted octanol–water partition coefficient (Wildman–Crippen LogP) is 3.87. The molecular weight excluding hydrogens is 416 g/mol. The van der Waals surface area contributed by atoms with Crippen LogP contribution in [-0.4, -0.2) is 44.3 Å². The lowest BCUT2D eigenvalue weighted by Gasteiger charge is -2.38. The Morgan fingerprint density at radius 3 is 2.46 bits per heavy atom. The van der Waals surface area contributed by atoms with E-state index in [9.17, 15) is 8.42 Å². The maximum Gasteiger partial charge on any atom is 0.278 e. The summed E-state index contributed by atoms with van der Waals surface area (Å²) in [4.78, 5) is 2.15. The van der Waals surface area contributed by atoms with Gasteiger partial charge in [-0.25, -0.2) is 8.42 Å². The zero-order valence-corrected chi connectivity index (χ0v) is 16.7. The smallest absolute Gasteiger partial charge is 0.278 e. The molecule has 1 unspecified atom stereocenters. The average molecular weight is 435 g/mol. The van der Waals surface area contributed by atoms with Gasteiger partial charge in [0.05, 0.1) is 10.5 Å². The fourth-order valence-electron chi connectivity index (χ4n) is 3.40. The molecule has 3 aromatic rings. The number of piperazine rings is 1. The second kappa shape index (κ2) is 6.81. The van der Waals surface area contributed by atoms with Crippen molar-refractivity contribution in [3.05, 3.63) is 64.6 Å². The number of benzene rings is 2. The molecule has 1 saturated heterocycles. The molecule has 1 fully saturated rings. The highest BCUT2D eigenvalue weighted by molar-refractivity contribution is 9.10. The molecule has 1 aromatic heterocycles. The number of para-hydroxylation sites is 1. The number of fused-ring (bicyclic) bond motifs is 1. The van der Waals surface area contributed by atoms with Crippen molar-refractivity contribution in [2.45, 2.75) is 11.1 Å². The molecule has 0 aliphatic carbocycles. The zero-order valence-electron chi connectivity index (χ0n) is 14.3. The number of halogens is 1. The highest BCUT2D eigenvalue weighted by Gasteiger charge is 2.39. The fourth-order valence-corrected chi connectivity index (χ4v) is 6.01. The largest absolute Gasteiger partial charge is 0.442 e. The van der Waals surface area contributed by atoms with Crippen LogP contribution in [0.5, 0.6) is 0 Å². The van der Waals surface area contributed by atoms with E-state index in [0.29, 0.717) is 29.7 Å². The minimum absolute atomic E-state index is 0.0239. The van der Waals surface area contributed by atoms with Gasteiger partial charge in [0.15, 0.2) is 0 Å². The van der Waals surface area contributed by atoms with Crippen LogP contribution in [-0.2, 0) is 10.0 Å². The zero-order chi connectivity index (χ0) is 18.3. The standard InChI is InChI=1S/C19H19BrN2O3S/c1-21-11-12-22(16(13-21)14-7-3-2-4-8-14)26(23,24)19-18(20)15-9-5-6-10-17(15)25-19/h2-10,16H,11-13H2,1H3. The van der Waals surface area contributed by atoms with Crippen molar-refractivity contribution in [3.8, 4) is 0 Å². The van der Waals surface area contributed by atoms with Gasteiger partial charge in [0, 0.05) is 25.0 Å². The SMILES string of the molecule is CN1CCN(S(=O)(=O)c2oc3ccccc3c2Br)C(c2ccccc2)C1. The van der Waals surface area contributed by atoms with Crippen molar-refractivity contribution in [2.24, 2.45) is 0 Å². The third-order valence-electron chi connectivity index (χ3n) is 4.77. The second-order valence-electron chi connectivity index (χ2n) is 6.50.